The van der Waals surface area contributed by atoms with Crippen LogP contribution in [0.2, 0.25) is 0 Å². The number of esters is 1. The fraction of sp³-hybridized carbons (Fsp3) is 0.500. The lowest BCUT2D eigenvalue weighted by Gasteiger charge is -2.34. The summed E-state index contributed by atoms with van der Waals surface area (Å²) in [7, 11) is 0. The van der Waals surface area contributed by atoms with E-state index in [0.29, 0.717) is 5.56 Å². The van der Waals surface area contributed by atoms with Crippen LogP contribution in [0, 0.1) is 5.92 Å². The number of aliphatic hydroxyl groups is 1. The monoisotopic (exact) mass is 254 g/mol. The van der Waals surface area contributed by atoms with Crippen LogP contribution in [0.5, 0.6) is 0 Å². The molecule has 0 aromatic heterocycles. The molecule has 1 rings (SSSR count). The maximum absolute atomic E-state index is 14.2. The van der Waals surface area contributed by atoms with Crippen LogP contribution in [0.4, 0.5) is 4.39 Å². The van der Waals surface area contributed by atoms with Crippen molar-refractivity contribution in [2.24, 2.45) is 5.92 Å². The van der Waals surface area contributed by atoms with Crippen molar-refractivity contribution in [2.45, 2.75) is 32.5 Å². The first-order valence-electron chi connectivity index (χ1n) is 6.03. The highest BCUT2D eigenvalue weighted by Gasteiger charge is 2.47. The molecule has 2 atom stereocenters. The topological polar surface area (TPSA) is 46.5 Å². The van der Waals surface area contributed by atoms with E-state index in [4.69, 9.17) is 0 Å². The second-order valence-electron chi connectivity index (χ2n) is 4.46. The summed E-state index contributed by atoms with van der Waals surface area (Å²) in [6, 6.07) is 8.36. The zero-order chi connectivity index (χ0) is 13.8. The van der Waals surface area contributed by atoms with Crippen LogP contribution >= 0.6 is 0 Å². The molecule has 0 fully saturated rings. The predicted molar refractivity (Wildman–Crippen MR) is 66.7 cm³/mol. The van der Waals surface area contributed by atoms with Crippen LogP contribution in [0.1, 0.15) is 26.3 Å². The minimum atomic E-state index is -2.10. The highest BCUT2D eigenvalue weighted by molar-refractivity contribution is 5.76. The minimum Gasteiger partial charge on any atom is -0.464 e. The fourth-order valence-corrected chi connectivity index (χ4v) is 1.87. The highest BCUT2D eigenvalue weighted by Crippen LogP contribution is 2.35. The van der Waals surface area contributed by atoms with Crippen LogP contribution in [-0.2, 0) is 15.1 Å². The lowest BCUT2D eigenvalue weighted by atomic mass is 9.79. The predicted octanol–water partition coefficient (Wildman–Crippen LogP) is 2.43. The third-order valence-corrected chi connectivity index (χ3v) is 3.00. The summed E-state index contributed by atoms with van der Waals surface area (Å²) >= 11 is 0. The average molecular weight is 254 g/mol. The van der Waals surface area contributed by atoms with E-state index in [9.17, 15) is 14.3 Å². The van der Waals surface area contributed by atoms with Gasteiger partial charge in [0.1, 0.15) is 5.60 Å². The van der Waals surface area contributed by atoms with Crippen molar-refractivity contribution in [1.29, 1.82) is 0 Å². The van der Waals surface area contributed by atoms with Gasteiger partial charge in [-0.05, 0) is 18.4 Å². The van der Waals surface area contributed by atoms with Crippen LogP contribution in [0.3, 0.4) is 0 Å². The molecule has 0 heterocycles. The lowest BCUT2D eigenvalue weighted by molar-refractivity contribution is -0.166. The van der Waals surface area contributed by atoms with Crippen molar-refractivity contribution in [2.75, 3.05) is 6.61 Å². The van der Waals surface area contributed by atoms with Gasteiger partial charge in [-0.3, -0.25) is 0 Å². The molecular weight excluding hydrogens is 235 g/mol. The summed E-state index contributed by atoms with van der Waals surface area (Å²) in [5, 5.41) is 10.5. The van der Waals surface area contributed by atoms with Gasteiger partial charge in [0, 0.05) is 0 Å². The summed E-state index contributed by atoms with van der Waals surface area (Å²) in [4.78, 5) is 11.5. The number of benzene rings is 1. The molecule has 0 aliphatic heterocycles. The van der Waals surface area contributed by atoms with Crippen molar-refractivity contribution in [1.82, 2.24) is 0 Å². The number of ether oxygens (including phenoxy) is 1. The van der Waals surface area contributed by atoms with Crippen molar-refractivity contribution < 1.29 is 19.0 Å². The van der Waals surface area contributed by atoms with Gasteiger partial charge in [0.15, 0.2) is 0 Å². The average Bonchev–Trinajstić information content (AvgIpc) is 2.38. The molecule has 0 saturated carbocycles. The van der Waals surface area contributed by atoms with Gasteiger partial charge in [0.05, 0.1) is 6.61 Å². The third kappa shape index (κ3) is 2.70. The normalized spacial score (nSPS) is 16.1. The first-order valence-corrected chi connectivity index (χ1v) is 6.03. The highest BCUT2D eigenvalue weighted by atomic mass is 19.1. The molecule has 1 aromatic carbocycles. The minimum absolute atomic E-state index is 0.0855. The van der Waals surface area contributed by atoms with Gasteiger partial charge < -0.3 is 9.84 Å². The Morgan fingerprint density at radius 1 is 1.39 bits per heavy atom. The molecule has 0 aliphatic rings. The van der Waals surface area contributed by atoms with E-state index < -0.39 is 23.7 Å². The van der Waals surface area contributed by atoms with Crippen molar-refractivity contribution in [3.63, 3.8) is 0 Å². The molecule has 0 saturated heterocycles. The summed E-state index contributed by atoms with van der Waals surface area (Å²) in [6.07, 6.45) is -2.10. The summed E-state index contributed by atoms with van der Waals surface area (Å²) < 4.78 is 18.9. The Bertz CT molecular complexity index is 391. The van der Waals surface area contributed by atoms with Crippen LogP contribution in [0.15, 0.2) is 30.3 Å². The molecule has 0 aliphatic carbocycles. The van der Waals surface area contributed by atoms with E-state index >= 15 is 0 Å². The van der Waals surface area contributed by atoms with Gasteiger partial charge in [-0.2, -0.15) is 0 Å². The standard InChI is InChI=1S/C14H19FO3/c1-4-18-13(16)12(15)14(17,10(2)3)11-8-6-5-7-9-11/h5-10,12,17H,4H2,1-3H3. The van der Waals surface area contributed by atoms with Gasteiger partial charge in [-0.1, -0.05) is 44.2 Å². The van der Waals surface area contributed by atoms with Gasteiger partial charge in [0.2, 0.25) is 6.17 Å². The Balaban J connectivity index is 3.12. The molecule has 3 nitrogen and oxygen atoms in total. The molecule has 1 aromatic rings. The number of rotatable bonds is 5. The van der Waals surface area contributed by atoms with E-state index in [1.165, 1.54) is 0 Å². The van der Waals surface area contributed by atoms with Crippen molar-refractivity contribution >= 4 is 5.97 Å². The van der Waals surface area contributed by atoms with Gasteiger partial charge in [-0.25, -0.2) is 9.18 Å². The Morgan fingerprint density at radius 2 is 1.94 bits per heavy atom. The zero-order valence-electron chi connectivity index (χ0n) is 10.9. The molecule has 4 heteroatoms. The Labute approximate surface area is 107 Å². The van der Waals surface area contributed by atoms with E-state index in [2.05, 4.69) is 4.74 Å². The van der Waals surface area contributed by atoms with E-state index in [0.717, 1.165) is 0 Å². The Morgan fingerprint density at radius 3 is 2.39 bits per heavy atom. The number of carbonyl (C=O) groups excluding carboxylic acids is 1. The van der Waals surface area contributed by atoms with Gasteiger partial charge in [0.25, 0.3) is 0 Å². The molecule has 1 N–H and O–H groups in total. The Kier molecular flexibility index (Phi) is 4.84. The second kappa shape index (κ2) is 5.96. The largest absolute Gasteiger partial charge is 0.464 e. The van der Waals surface area contributed by atoms with E-state index in [1.54, 1.807) is 51.1 Å². The smallest absolute Gasteiger partial charge is 0.344 e. The number of alkyl halides is 1. The summed E-state index contributed by atoms with van der Waals surface area (Å²) in [5.74, 6) is -1.49. The number of hydrogen-bond acceptors (Lipinski definition) is 3. The number of hydrogen-bond donors (Lipinski definition) is 1. The van der Waals surface area contributed by atoms with Crippen molar-refractivity contribution in [3.8, 4) is 0 Å². The molecule has 18 heavy (non-hydrogen) atoms. The Hall–Kier alpha value is -1.42. The first kappa shape index (κ1) is 14.6. The quantitative estimate of drug-likeness (QED) is 0.821. The third-order valence-electron chi connectivity index (χ3n) is 3.00. The second-order valence-corrected chi connectivity index (χ2v) is 4.46. The molecule has 100 valence electrons. The maximum atomic E-state index is 14.2. The first-order chi connectivity index (χ1) is 8.44. The van der Waals surface area contributed by atoms with Gasteiger partial charge in [-0.15, -0.1) is 0 Å². The zero-order valence-corrected chi connectivity index (χ0v) is 10.9. The molecule has 2 unspecified atom stereocenters. The summed E-state index contributed by atoms with van der Waals surface area (Å²) in [5.41, 5.74) is -1.49. The van der Waals surface area contributed by atoms with E-state index in [1.807, 2.05) is 0 Å². The molecule has 0 radical (unpaired) electrons. The van der Waals surface area contributed by atoms with E-state index in [-0.39, 0.29) is 6.61 Å². The maximum Gasteiger partial charge on any atom is 0.344 e. The van der Waals surface area contributed by atoms with Gasteiger partial charge >= 0.3 is 5.97 Å². The molecule has 0 amide bonds. The van der Waals surface area contributed by atoms with Crippen LogP contribution < -0.4 is 0 Å². The van der Waals surface area contributed by atoms with Crippen molar-refractivity contribution in [3.05, 3.63) is 35.9 Å². The number of halogens is 1. The lowest BCUT2D eigenvalue weighted by Crippen LogP contribution is -2.46. The van der Waals surface area contributed by atoms with Crippen LogP contribution in [0.25, 0.3) is 0 Å². The molecular formula is C14H19FO3. The molecule has 0 bridgehead atoms. The SMILES string of the molecule is CCOC(=O)C(F)C(O)(c1ccccc1)C(C)C. The fourth-order valence-electron chi connectivity index (χ4n) is 1.87. The van der Waals surface area contributed by atoms with Crippen LogP contribution in [-0.4, -0.2) is 23.9 Å². The number of carbonyl (C=O) groups is 1. The molecule has 0 spiro atoms. The summed E-state index contributed by atoms with van der Waals surface area (Å²) in [6.45, 7) is 5.02.